The molecule has 0 bridgehead atoms. The molecule has 0 radical (unpaired) electrons. The predicted octanol–water partition coefficient (Wildman–Crippen LogP) is 0.0488. The lowest BCUT2D eigenvalue weighted by atomic mass is 10.1. The highest BCUT2D eigenvalue weighted by Crippen LogP contribution is 2.19. The normalized spacial score (nSPS) is 17.3. The number of aliphatic carboxylic acids is 2. The zero-order valence-corrected chi connectivity index (χ0v) is 17.6. The Labute approximate surface area is 173 Å². The number of sulfone groups is 1. The van der Waals surface area contributed by atoms with Crippen molar-refractivity contribution >= 4 is 42.6 Å². The Morgan fingerprint density at radius 3 is 2.13 bits per heavy atom. The molecule has 10 nitrogen and oxygen atoms in total. The van der Waals surface area contributed by atoms with E-state index in [1.54, 1.807) is 24.3 Å². The zero-order chi connectivity index (χ0) is 22.5. The molecule has 4 N–H and O–H groups in total. The van der Waals surface area contributed by atoms with E-state index in [9.17, 15) is 26.4 Å². The third-order valence-electron chi connectivity index (χ3n) is 4.22. The molecule has 12 heteroatoms. The zero-order valence-electron chi connectivity index (χ0n) is 16.0. The van der Waals surface area contributed by atoms with Gasteiger partial charge in [-0.2, -0.15) is 4.72 Å². The first-order chi connectivity index (χ1) is 13.9. The van der Waals surface area contributed by atoms with Crippen molar-refractivity contribution < 1.29 is 36.6 Å². The van der Waals surface area contributed by atoms with Gasteiger partial charge in [-0.3, -0.25) is 9.59 Å². The Morgan fingerprint density at radius 2 is 1.70 bits per heavy atom. The van der Waals surface area contributed by atoms with Crippen molar-refractivity contribution in [3.8, 4) is 0 Å². The fourth-order valence-corrected chi connectivity index (χ4v) is 4.71. The van der Waals surface area contributed by atoms with Crippen LogP contribution in [0.1, 0.15) is 6.42 Å². The number of carboxylic acids is 2. The number of hydrogen-bond acceptors (Lipinski definition) is 7. The molecule has 0 amide bonds. The molecule has 1 fully saturated rings. The van der Waals surface area contributed by atoms with Crippen LogP contribution >= 0.6 is 0 Å². The maximum absolute atomic E-state index is 12.3. The van der Waals surface area contributed by atoms with E-state index in [-0.39, 0.29) is 10.9 Å². The van der Waals surface area contributed by atoms with Crippen molar-refractivity contribution in [3.05, 3.63) is 42.5 Å². The van der Waals surface area contributed by atoms with Gasteiger partial charge in [0.1, 0.15) is 21.9 Å². The molecular formula is C18H22N2O8S2. The molecular weight excluding hydrogens is 436 g/mol. The lowest BCUT2D eigenvalue weighted by Crippen LogP contribution is -2.48. The molecule has 0 spiro atoms. The molecule has 1 aliphatic heterocycles. The minimum absolute atomic E-state index is 0.129. The van der Waals surface area contributed by atoms with Crippen LogP contribution in [0.5, 0.6) is 0 Å². The van der Waals surface area contributed by atoms with Gasteiger partial charge in [0.2, 0.25) is 10.0 Å². The van der Waals surface area contributed by atoms with Gasteiger partial charge in [0.05, 0.1) is 10.6 Å². The largest absolute Gasteiger partial charge is 0.480 e. The molecule has 2 aromatic carbocycles. The molecule has 3 rings (SSSR count). The number of hydrogen-bond donors (Lipinski definition) is 4. The van der Waals surface area contributed by atoms with E-state index < -0.39 is 43.6 Å². The average Bonchev–Trinajstić information content (AvgIpc) is 2.58. The van der Waals surface area contributed by atoms with Crippen LogP contribution in [0.15, 0.2) is 47.4 Å². The van der Waals surface area contributed by atoms with Crippen LogP contribution in [0.4, 0.5) is 0 Å². The Bertz CT molecular complexity index is 1140. The molecule has 0 saturated carbocycles. The molecule has 1 unspecified atom stereocenters. The molecule has 30 heavy (non-hydrogen) atoms. The maximum atomic E-state index is 12.3. The smallest absolute Gasteiger partial charge is 0.322 e. The Morgan fingerprint density at radius 1 is 1.10 bits per heavy atom. The Hall–Kier alpha value is -2.54. The van der Waals surface area contributed by atoms with Crippen LogP contribution < -0.4 is 10.0 Å². The first-order valence-corrected chi connectivity index (χ1v) is 12.3. The van der Waals surface area contributed by atoms with E-state index in [2.05, 4.69) is 5.32 Å². The van der Waals surface area contributed by atoms with E-state index in [1.807, 2.05) is 10.8 Å². The number of fused-ring (bicyclic) bond motifs is 1. The van der Waals surface area contributed by atoms with E-state index in [1.165, 1.54) is 12.1 Å². The summed E-state index contributed by atoms with van der Waals surface area (Å²) in [5.41, 5.74) is 0. The highest BCUT2D eigenvalue weighted by atomic mass is 32.2. The van der Waals surface area contributed by atoms with Gasteiger partial charge in [0, 0.05) is 6.26 Å². The number of carbonyl (C=O) groups is 2. The minimum Gasteiger partial charge on any atom is -0.480 e. The number of carboxylic acid groups (broad SMARTS) is 2. The third-order valence-corrected chi connectivity index (χ3v) is 6.63. The predicted molar refractivity (Wildman–Crippen MR) is 109 cm³/mol. The quantitative estimate of drug-likeness (QED) is 0.448. The van der Waals surface area contributed by atoms with Gasteiger partial charge in [-0.1, -0.05) is 30.3 Å². The molecule has 0 aromatic heterocycles. The summed E-state index contributed by atoms with van der Waals surface area (Å²) in [5.74, 6) is -3.11. The molecule has 2 aromatic rings. The van der Waals surface area contributed by atoms with Crippen molar-refractivity contribution in [2.24, 2.45) is 0 Å². The summed E-state index contributed by atoms with van der Waals surface area (Å²) < 4.78 is 49.0. The highest BCUT2D eigenvalue weighted by molar-refractivity contribution is 7.91. The lowest BCUT2D eigenvalue weighted by Gasteiger charge is -2.22. The fourth-order valence-electron chi connectivity index (χ4n) is 2.55. The molecule has 0 aliphatic carbocycles. The molecule has 1 heterocycles. The van der Waals surface area contributed by atoms with Gasteiger partial charge >= 0.3 is 11.9 Å². The van der Waals surface area contributed by atoms with E-state index in [4.69, 9.17) is 10.2 Å². The van der Waals surface area contributed by atoms with Gasteiger partial charge in [-0.25, -0.2) is 16.8 Å². The summed E-state index contributed by atoms with van der Waals surface area (Å²) in [7, 11) is -7.83. The molecule has 1 aliphatic rings. The van der Waals surface area contributed by atoms with Gasteiger partial charge in [0.25, 0.3) is 0 Å². The van der Waals surface area contributed by atoms with Crippen LogP contribution in [0.2, 0.25) is 0 Å². The SMILES string of the molecule is CS(=O)(=O)C[C@H](NS(=O)(=O)c1ccc2ccccc2c1)C(=O)O.O=C(O)C1CCN1. The van der Waals surface area contributed by atoms with Gasteiger partial charge < -0.3 is 15.5 Å². The summed E-state index contributed by atoms with van der Waals surface area (Å²) in [5, 5.41) is 21.4. The third kappa shape index (κ3) is 6.76. The molecule has 1 saturated heterocycles. The second kappa shape index (κ2) is 9.51. The van der Waals surface area contributed by atoms with Crippen molar-refractivity contribution in [1.82, 2.24) is 10.0 Å². The molecule has 2 atom stereocenters. The second-order valence-corrected chi connectivity index (χ2v) is 10.6. The fraction of sp³-hybridized carbons (Fsp3) is 0.333. The Balaban J connectivity index is 0.000000386. The standard InChI is InChI=1S/C14H15NO6S2.C4H7NO2/c1-22(18,19)9-13(14(16)17)15-23(20,21)12-7-6-10-4-2-3-5-11(10)8-12;6-4(7)3-1-2-5-3/h2-8,13,15H,9H2,1H3,(H,16,17);3,5H,1-2H2,(H,6,7)/t13-;/m0./s1. The summed E-state index contributed by atoms with van der Waals surface area (Å²) in [4.78, 5) is 20.9. The van der Waals surface area contributed by atoms with E-state index >= 15 is 0 Å². The lowest BCUT2D eigenvalue weighted by molar-refractivity contribution is -0.141. The van der Waals surface area contributed by atoms with E-state index in [0.29, 0.717) is 5.39 Å². The number of benzene rings is 2. The van der Waals surface area contributed by atoms with Crippen molar-refractivity contribution in [2.75, 3.05) is 18.6 Å². The average molecular weight is 459 g/mol. The van der Waals surface area contributed by atoms with Crippen molar-refractivity contribution in [2.45, 2.75) is 23.4 Å². The number of rotatable bonds is 7. The summed E-state index contributed by atoms with van der Waals surface area (Å²) >= 11 is 0. The highest BCUT2D eigenvalue weighted by Gasteiger charge is 2.28. The minimum atomic E-state index is -4.16. The van der Waals surface area contributed by atoms with Crippen LogP contribution in [-0.2, 0) is 29.4 Å². The van der Waals surface area contributed by atoms with Crippen molar-refractivity contribution in [3.63, 3.8) is 0 Å². The van der Waals surface area contributed by atoms with Crippen LogP contribution in [0.3, 0.4) is 0 Å². The summed E-state index contributed by atoms with van der Waals surface area (Å²) in [6, 6.07) is 9.41. The van der Waals surface area contributed by atoms with Crippen LogP contribution in [0, 0.1) is 0 Å². The topological polar surface area (TPSA) is 167 Å². The Kier molecular flexibility index (Phi) is 7.53. The van der Waals surface area contributed by atoms with Gasteiger partial charge in [0.15, 0.2) is 0 Å². The van der Waals surface area contributed by atoms with Crippen molar-refractivity contribution in [1.29, 1.82) is 0 Å². The maximum Gasteiger partial charge on any atom is 0.322 e. The second-order valence-electron chi connectivity index (χ2n) is 6.75. The molecule has 164 valence electrons. The first kappa shape index (κ1) is 23.7. The number of nitrogens with one attached hydrogen (secondary N) is 2. The summed E-state index contributed by atoms with van der Waals surface area (Å²) in [6.45, 7) is 0.858. The first-order valence-electron chi connectivity index (χ1n) is 8.77. The van der Waals surface area contributed by atoms with E-state index in [0.717, 1.165) is 24.6 Å². The number of sulfonamides is 1. The van der Waals surface area contributed by atoms with Gasteiger partial charge in [-0.15, -0.1) is 0 Å². The van der Waals surface area contributed by atoms with Gasteiger partial charge in [-0.05, 0) is 35.9 Å². The van der Waals surface area contributed by atoms with Crippen LogP contribution in [-0.4, -0.2) is 69.6 Å². The monoisotopic (exact) mass is 458 g/mol. The summed E-state index contributed by atoms with van der Waals surface area (Å²) in [6.07, 6.45) is 1.63. The van der Waals surface area contributed by atoms with Crippen LogP contribution in [0.25, 0.3) is 10.8 Å².